The number of amides is 1. The van der Waals surface area contributed by atoms with E-state index in [0.717, 1.165) is 32.5 Å². The van der Waals surface area contributed by atoms with E-state index in [4.69, 9.17) is 11.6 Å². The molecule has 23 heavy (non-hydrogen) atoms. The van der Waals surface area contributed by atoms with Crippen LogP contribution >= 0.6 is 11.6 Å². The summed E-state index contributed by atoms with van der Waals surface area (Å²) in [6.45, 7) is 2.94. The molecular weight excluding hydrogens is 312 g/mol. The summed E-state index contributed by atoms with van der Waals surface area (Å²) in [4.78, 5) is 14.7. The summed E-state index contributed by atoms with van der Waals surface area (Å²) in [5.41, 5.74) is 1.76. The van der Waals surface area contributed by atoms with Gasteiger partial charge in [-0.1, -0.05) is 41.9 Å². The number of benzene rings is 1. The Hall–Kier alpha value is -1.85. The van der Waals surface area contributed by atoms with Gasteiger partial charge in [-0.3, -0.25) is 14.4 Å². The monoisotopic (exact) mass is 332 g/mol. The average Bonchev–Trinajstić information content (AvgIpc) is 2.89. The fourth-order valence-corrected chi connectivity index (χ4v) is 3.25. The number of likely N-dealkylation sites (tertiary alicyclic amines) is 1. The van der Waals surface area contributed by atoms with Gasteiger partial charge in [-0.05, 0) is 18.4 Å². The van der Waals surface area contributed by atoms with Crippen LogP contribution in [0.3, 0.4) is 0 Å². The summed E-state index contributed by atoms with van der Waals surface area (Å²) in [5.74, 6) is -0.142. The third-order valence-electron chi connectivity index (χ3n) is 4.28. The second-order valence-corrected chi connectivity index (χ2v) is 6.38. The molecule has 5 nitrogen and oxygen atoms in total. The molecule has 2 aromatic rings. The normalized spacial score (nSPS) is 16.4. The molecule has 0 unspecified atom stereocenters. The molecule has 6 heteroatoms. The van der Waals surface area contributed by atoms with Crippen molar-refractivity contribution in [2.24, 2.45) is 7.05 Å². The highest BCUT2D eigenvalue weighted by Crippen LogP contribution is 2.17. The molecule has 3 rings (SSSR count). The van der Waals surface area contributed by atoms with Crippen molar-refractivity contribution in [3.05, 3.63) is 52.8 Å². The van der Waals surface area contributed by atoms with Crippen LogP contribution in [0.2, 0.25) is 5.02 Å². The lowest BCUT2D eigenvalue weighted by Gasteiger charge is -2.32. The number of nitrogens with one attached hydrogen (secondary N) is 1. The van der Waals surface area contributed by atoms with E-state index in [9.17, 15) is 4.79 Å². The van der Waals surface area contributed by atoms with E-state index < -0.39 is 0 Å². The van der Waals surface area contributed by atoms with E-state index in [1.165, 1.54) is 16.4 Å². The van der Waals surface area contributed by atoms with Crippen LogP contribution in [0.1, 0.15) is 28.9 Å². The van der Waals surface area contributed by atoms with Gasteiger partial charge < -0.3 is 5.32 Å². The lowest BCUT2D eigenvalue weighted by atomic mass is 10.0. The third-order valence-corrected chi connectivity index (χ3v) is 4.56. The molecule has 1 aliphatic heterocycles. The van der Waals surface area contributed by atoms with E-state index >= 15 is 0 Å². The fraction of sp³-hybridized carbons (Fsp3) is 0.412. The van der Waals surface area contributed by atoms with Gasteiger partial charge in [0, 0.05) is 32.7 Å². The van der Waals surface area contributed by atoms with Gasteiger partial charge in [0.25, 0.3) is 5.91 Å². The zero-order valence-corrected chi connectivity index (χ0v) is 14.0. The highest BCUT2D eigenvalue weighted by atomic mass is 35.5. The van der Waals surface area contributed by atoms with Gasteiger partial charge in [0.1, 0.15) is 5.69 Å². The lowest BCUT2D eigenvalue weighted by Crippen LogP contribution is -2.44. The molecule has 1 aliphatic rings. The molecule has 0 saturated carbocycles. The highest BCUT2D eigenvalue weighted by Gasteiger charge is 2.23. The van der Waals surface area contributed by atoms with Crippen LogP contribution < -0.4 is 5.32 Å². The molecule has 0 atom stereocenters. The van der Waals surface area contributed by atoms with Crippen LogP contribution in [0.25, 0.3) is 0 Å². The number of aryl methyl sites for hydroxylation is 1. The average molecular weight is 333 g/mol. The molecule has 0 radical (unpaired) electrons. The first-order valence-electron chi connectivity index (χ1n) is 7.88. The van der Waals surface area contributed by atoms with Crippen LogP contribution in [-0.4, -0.2) is 39.7 Å². The van der Waals surface area contributed by atoms with Crippen molar-refractivity contribution in [1.29, 1.82) is 0 Å². The van der Waals surface area contributed by atoms with E-state index in [1.54, 1.807) is 7.05 Å². The standard InChI is InChI=1S/C17H21ClN4O/c1-21-16(15(18)11-19-21)17(23)20-14-7-9-22(10-8-14)12-13-5-3-2-4-6-13/h2-6,11,14H,7-10,12H2,1H3,(H,20,23). The Morgan fingerprint density at radius 1 is 1.30 bits per heavy atom. The number of aromatic nitrogens is 2. The number of rotatable bonds is 4. The SMILES string of the molecule is Cn1ncc(Cl)c1C(=O)NC1CCN(Cc2ccccc2)CC1. The van der Waals surface area contributed by atoms with Crippen LogP contribution in [0.4, 0.5) is 0 Å². The molecule has 1 amide bonds. The Bertz CT molecular complexity index is 643. The molecule has 2 heterocycles. The topological polar surface area (TPSA) is 50.2 Å². The summed E-state index contributed by atoms with van der Waals surface area (Å²) >= 11 is 6.02. The van der Waals surface area contributed by atoms with Crippen molar-refractivity contribution in [2.45, 2.75) is 25.4 Å². The molecular formula is C17H21ClN4O. The zero-order chi connectivity index (χ0) is 16.2. The maximum atomic E-state index is 12.3. The molecule has 1 aromatic heterocycles. The number of hydrogen-bond acceptors (Lipinski definition) is 3. The van der Waals surface area contributed by atoms with E-state index in [1.807, 2.05) is 6.07 Å². The Kier molecular flexibility index (Phi) is 4.98. The number of carbonyl (C=O) groups is 1. The first-order valence-corrected chi connectivity index (χ1v) is 8.26. The van der Waals surface area contributed by atoms with Gasteiger partial charge in [0.2, 0.25) is 0 Å². The van der Waals surface area contributed by atoms with Gasteiger partial charge in [-0.25, -0.2) is 0 Å². The summed E-state index contributed by atoms with van der Waals surface area (Å²) in [5, 5.41) is 7.48. The quantitative estimate of drug-likeness (QED) is 0.935. The Labute approximate surface area is 141 Å². The Morgan fingerprint density at radius 2 is 2.00 bits per heavy atom. The minimum atomic E-state index is -0.142. The number of halogens is 1. The van der Waals surface area contributed by atoms with Crippen molar-refractivity contribution < 1.29 is 4.79 Å². The predicted molar refractivity (Wildman–Crippen MR) is 90.4 cm³/mol. The van der Waals surface area contributed by atoms with E-state index in [2.05, 4.69) is 39.6 Å². The molecule has 122 valence electrons. The number of hydrogen-bond donors (Lipinski definition) is 1. The maximum absolute atomic E-state index is 12.3. The van der Waals surface area contributed by atoms with Crippen molar-refractivity contribution in [1.82, 2.24) is 20.0 Å². The van der Waals surface area contributed by atoms with Crippen molar-refractivity contribution in [2.75, 3.05) is 13.1 Å². The van der Waals surface area contributed by atoms with Crippen molar-refractivity contribution >= 4 is 17.5 Å². The Morgan fingerprint density at radius 3 is 2.61 bits per heavy atom. The largest absolute Gasteiger partial charge is 0.348 e. The van der Waals surface area contributed by atoms with Crippen LogP contribution in [0.5, 0.6) is 0 Å². The molecule has 0 spiro atoms. The molecule has 1 N–H and O–H groups in total. The molecule has 1 aromatic carbocycles. The van der Waals surface area contributed by atoms with Crippen molar-refractivity contribution in [3.63, 3.8) is 0 Å². The molecule has 0 aliphatic carbocycles. The molecule has 0 bridgehead atoms. The smallest absolute Gasteiger partial charge is 0.271 e. The van der Waals surface area contributed by atoms with Crippen LogP contribution in [-0.2, 0) is 13.6 Å². The first kappa shape index (κ1) is 16.0. The first-order chi connectivity index (χ1) is 11.1. The predicted octanol–water partition coefficient (Wildman–Crippen LogP) is 2.47. The van der Waals surface area contributed by atoms with Crippen molar-refractivity contribution in [3.8, 4) is 0 Å². The third kappa shape index (κ3) is 3.92. The fourth-order valence-electron chi connectivity index (χ4n) is 3.00. The summed E-state index contributed by atoms with van der Waals surface area (Å²) in [6.07, 6.45) is 3.40. The number of piperidine rings is 1. The van der Waals surface area contributed by atoms with E-state index in [-0.39, 0.29) is 11.9 Å². The lowest BCUT2D eigenvalue weighted by molar-refractivity contribution is 0.0899. The summed E-state index contributed by atoms with van der Waals surface area (Å²) in [6, 6.07) is 10.7. The van der Waals surface area contributed by atoms with Gasteiger partial charge >= 0.3 is 0 Å². The van der Waals surface area contributed by atoms with Crippen LogP contribution in [0.15, 0.2) is 36.5 Å². The second-order valence-electron chi connectivity index (χ2n) is 5.97. The van der Waals surface area contributed by atoms with Gasteiger partial charge in [-0.15, -0.1) is 0 Å². The van der Waals surface area contributed by atoms with Gasteiger partial charge in [-0.2, -0.15) is 5.10 Å². The Balaban J connectivity index is 1.50. The number of carbonyl (C=O) groups excluding carboxylic acids is 1. The van der Waals surface area contributed by atoms with Gasteiger partial charge in [0.15, 0.2) is 0 Å². The highest BCUT2D eigenvalue weighted by molar-refractivity contribution is 6.33. The summed E-state index contributed by atoms with van der Waals surface area (Å²) in [7, 11) is 1.73. The minimum Gasteiger partial charge on any atom is -0.348 e. The molecule has 1 saturated heterocycles. The van der Waals surface area contributed by atoms with E-state index in [0.29, 0.717) is 10.7 Å². The van der Waals surface area contributed by atoms with Gasteiger partial charge in [0.05, 0.1) is 11.2 Å². The second kappa shape index (κ2) is 7.15. The summed E-state index contributed by atoms with van der Waals surface area (Å²) < 4.78 is 1.52. The maximum Gasteiger partial charge on any atom is 0.271 e. The number of nitrogens with zero attached hydrogens (tertiary/aromatic N) is 3. The minimum absolute atomic E-state index is 0.142. The zero-order valence-electron chi connectivity index (χ0n) is 13.2. The van der Waals surface area contributed by atoms with Crippen LogP contribution in [0, 0.1) is 0 Å². The molecule has 1 fully saturated rings.